The molecule has 12 heteroatoms. The molecule has 10 saturated carbocycles. The van der Waals surface area contributed by atoms with E-state index in [1.165, 1.54) is 24.8 Å². The highest BCUT2D eigenvalue weighted by atomic mass is 33.1. The molecule has 2 aromatic carbocycles. The third kappa shape index (κ3) is 7.50. The number of ether oxygens (including phenoxy) is 2. The largest absolute Gasteiger partial charge is 0.454 e. The zero-order valence-corrected chi connectivity index (χ0v) is 50.7. The van der Waals surface area contributed by atoms with E-state index in [9.17, 15) is 15.0 Å². The number of nitrogens with one attached hydrogen (secondary N) is 1. The van der Waals surface area contributed by atoms with Crippen LogP contribution in [0, 0.1) is 110 Å². The van der Waals surface area contributed by atoms with Crippen molar-refractivity contribution < 1.29 is 44.6 Å². The van der Waals surface area contributed by atoms with Crippen LogP contribution in [0.15, 0.2) is 60.2 Å². The van der Waals surface area contributed by atoms with Gasteiger partial charge in [0, 0.05) is 69.1 Å². The second-order valence-corrected chi connectivity index (χ2v) is 33.4. The number of esters is 1. The quantitative estimate of drug-likeness (QED) is 0.0744. The van der Waals surface area contributed by atoms with E-state index < -0.39 is 68.4 Å². The van der Waals surface area contributed by atoms with Crippen molar-refractivity contribution in [2.45, 2.75) is 208 Å². The van der Waals surface area contributed by atoms with E-state index in [4.69, 9.17) is 9.47 Å². The Morgan fingerprint density at radius 3 is 2.40 bits per heavy atom. The molecule has 12 aliphatic carbocycles. The lowest BCUT2D eigenvalue weighted by Gasteiger charge is -2.76. The molecule has 3 aliphatic heterocycles. The van der Waals surface area contributed by atoms with Crippen molar-refractivity contribution in [1.29, 1.82) is 0 Å². The molecule has 0 radical (unpaired) electrons. The molecule has 3 spiro atoms. The maximum absolute atomic E-state index is 15.9. The molecule has 3 heterocycles. The summed E-state index contributed by atoms with van der Waals surface area (Å²) in [6.07, 6.45) is 17.9. The van der Waals surface area contributed by atoms with Gasteiger partial charge in [-0.2, -0.15) is 0 Å². The minimum absolute atomic E-state index is 0.0154. The number of fused-ring (bicyclic) bond motifs is 10. The number of aliphatic hydroxyl groups is 5. The topological polar surface area (TPSA) is 166 Å². The third-order valence-corrected chi connectivity index (χ3v) is 31.1. The Kier molecular flexibility index (Phi) is 13.3. The van der Waals surface area contributed by atoms with Crippen LogP contribution in [0.25, 0.3) is 0 Å². The summed E-state index contributed by atoms with van der Waals surface area (Å²) in [6, 6.07) is 17.0. The predicted molar refractivity (Wildman–Crippen MR) is 321 cm³/mol. The number of carbonyl (C=O) groups is 2. The summed E-state index contributed by atoms with van der Waals surface area (Å²) >= 11 is 0. The Morgan fingerprint density at radius 1 is 0.795 bits per heavy atom. The summed E-state index contributed by atoms with van der Waals surface area (Å²) in [5.41, 5.74) is -4.39. The number of aliphatic hydroxyl groups excluding tert-OH is 2. The fourth-order valence-electron chi connectivity index (χ4n) is 25.4. The molecule has 446 valence electrons. The lowest BCUT2D eigenvalue weighted by Crippen LogP contribution is -2.87. The zero-order valence-electron chi connectivity index (χ0n) is 49.1. The first-order chi connectivity index (χ1) is 40.2. The van der Waals surface area contributed by atoms with Crippen molar-refractivity contribution in [3.63, 3.8) is 0 Å². The van der Waals surface area contributed by atoms with Gasteiger partial charge in [0.05, 0.1) is 35.9 Å². The summed E-state index contributed by atoms with van der Waals surface area (Å²) in [6.45, 7) is 2.33. The van der Waals surface area contributed by atoms with Crippen LogP contribution in [0.3, 0.4) is 0 Å². The monoisotopic (exact) mass is 1170 g/mol. The summed E-state index contributed by atoms with van der Waals surface area (Å²) < 4.78 is 14.4. The van der Waals surface area contributed by atoms with Gasteiger partial charge in [-0.3, -0.25) is 0 Å². The lowest BCUT2D eigenvalue weighted by molar-refractivity contribution is -0.394. The van der Waals surface area contributed by atoms with Crippen LogP contribution < -0.4 is 5.32 Å². The van der Waals surface area contributed by atoms with Crippen molar-refractivity contribution >= 4 is 33.8 Å². The van der Waals surface area contributed by atoms with Crippen LogP contribution in [0.2, 0.25) is 0 Å². The Morgan fingerprint density at radius 2 is 1.59 bits per heavy atom. The number of hydrogen-bond acceptors (Lipinski definition) is 12. The molecule has 2 saturated heterocycles. The maximum Gasteiger partial charge on any atom is 0.331 e. The van der Waals surface area contributed by atoms with Crippen LogP contribution in [0.1, 0.15) is 170 Å². The number of likely N-dealkylation sites (N-methyl/N-ethyl adjacent to an activating group) is 1. The first kappa shape index (κ1) is 55.6. The van der Waals surface area contributed by atoms with Crippen LogP contribution >= 0.6 is 21.6 Å². The van der Waals surface area contributed by atoms with Gasteiger partial charge in [-0.25, -0.2) is 4.79 Å². The molecule has 10 bridgehead atoms. The SMILES string of the molecule is CNC1Cc2c(cccc2CO)C#CC2(CCCC2)CC23CCC4C5(C=O)CC67C(CC8CSSCC9CCC(C9)C(C)C9CCC(C6O8)C5(O)C(C9)C(O)C4(O)C2(O)CC2CC1C1OC(=O)C=C1C23)CC1CC(c2ccccc2)CCC17. The highest BCUT2D eigenvalue weighted by Crippen LogP contribution is 2.82. The van der Waals surface area contributed by atoms with Gasteiger partial charge >= 0.3 is 5.97 Å². The molecule has 10 nitrogen and oxygen atoms in total. The molecule has 6 N–H and O–H groups in total. The predicted octanol–water partition coefficient (Wildman–Crippen LogP) is 10.5. The van der Waals surface area contributed by atoms with E-state index in [0.29, 0.717) is 81.0 Å². The minimum atomic E-state index is -2.21. The third-order valence-electron chi connectivity index (χ3n) is 28.5. The first-order valence-corrected chi connectivity index (χ1v) is 35.8. The van der Waals surface area contributed by atoms with Crippen LogP contribution in [-0.2, 0) is 32.1 Å². The molecule has 83 heavy (non-hydrogen) atoms. The lowest BCUT2D eigenvalue weighted by atomic mass is 9.31. The Bertz CT molecular complexity index is 3010. The molecule has 25 atom stereocenters. The van der Waals surface area contributed by atoms with Crippen molar-refractivity contribution in [3.8, 4) is 11.8 Å². The average Bonchev–Trinajstić information content (AvgIpc) is 1.64. The Balaban J connectivity index is 0.900. The summed E-state index contributed by atoms with van der Waals surface area (Å²) in [7, 11) is 6.00. The maximum atomic E-state index is 15.9. The number of rotatable bonds is 4. The van der Waals surface area contributed by atoms with E-state index in [-0.39, 0.29) is 72.8 Å². The van der Waals surface area contributed by atoms with E-state index in [2.05, 4.69) is 60.5 Å². The number of hydrogen-bond donors (Lipinski definition) is 6. The number of benzene rings is 2. The van der Waals surface area contributed by atoms with Crippen molar-refractivity contribution in [2.75, 3.05) is 18.6 Å². The van der Waals surface area contributed by atoms with Gasteiger partial charge in [-0.1, -0.05) is 95.7 Å². The molecule has 0 aromatic heterocycles. The first-order valence-electron chi connectivity index (χ1n) is 33.3. The van der Waals surface area contributed by atoms with E-state index in [1.54, 1.807) is 6.08 Å². The van der Waals surface area contributed by atoms with Gasteiger partial charge in [-0.15, -0.1) is 0 Å². The minimum Gasteiger partial charge on any atom is -0.454 e. The number of carbonyl (C=O) groups excluding carboxylic acids is 2. The van der Waals surface area contributed by atoms with Crippen LogP contribution in [0.5, 0.6) is 0 Å². The van der Waals surface area contributed by atoms with Gasteiger partial charge in [0.15, 0.2) is 0 Å². The van der Waals surface area contributed by atoms with Gasteiger partial charge in [-0.05, 0) is 223 Å². The van der Waals surface area contributed by atoms with Crippen molar-refractivity contribution in [3.05, 3.63) is 82.4 Å². The smallest absolute Gasteiger partial charge is 0.331 e. The molecule has 0 amide bonds. The van der Waals surface area contributed by atoms with Crippen LogP contribution in [0.4, 0.5) is 0 Å². The summed E-state index contributed by atoms with van der Waals surface area (Å²) in [5.74, 6) is 9.38. The molecular weight excluding hydrogens is 1070 g/mol. The second kappa shape index (κ2) is 19.9. The molecule has 25 unspecified atom stereocenters. The Hall–Kier alpha value is -2.70. The normalized spacial score (nSPS) is 51.3. The molecule has 15 aliphatic rings. The van der Waals surface area contributed by atoms with Crippen molar-refractivity contribution in [1.82, 2.24) is 5.32 Å². The van der Waals surface area contributed by atoms with Gasteiger partial charge in [0.1, 0.15) is 23.6 Å². The molecule has 12 fully saturated rings. The van der Waals surface area contributed by atoms with Gasteiger partial charge in [0.2, 0.25) is 0 Å². The van der Waals surface area contributed by atoms with E-state index in [1.807, 2.05) is 40.8 Å². The number of aldehydes is 1. The molecule has 17 rings (SSSR count). The van der Waals surface area contributed by atoms with Crippen LogP contribution in [-0.4, -0.2) is 104 Å². The molecule has 2 aromatic rings. The highest BCUT2D eigenvalue weighted by Gasteiger charge is 2.88. The highest BCUT2D eigenvalue weighted by molar-refractivity contribution is 8.76. The van der Waals surface area contributed by atoms with E-state index in [0.717, 1.165) is 104 Å². The summed E-state index contributed by atoms with van der Waals surface area (Å²) in [4.78, 5) is 30.1. The second-order valence-electron chi connectivity index (χ2n) is 30.9. The Labute approximate surface area is 500 Å². The fourth-order valence-corrected chi connectivity index (χ4v) is 28.1. The van der Waals surface area contributed by atoms with Gasteiger partial charge in [0.25, 0.3) is 0 Å². The average molecular weight is 1170 g/mol. The fraction of sp³-hybridized carbons (Fsp3) is 0.746. The van der Waals surface area contributed by atoms with Crippen molar-refractivity contribution in [2.24, 2.45) is 98.6 Å². The molecular formula is C71H91NO9S2. The standard InChI is InChI=1S/C71H91NO9S2/c1-40-44-14-13-41(25-44)35-82-83-36-51-30-50-27-48-26-46(42-9-4-3-5-10-42)16-17-55(48)68(50)38-67(39-74)59-20-24-66-37-65(21-6-7-22-65)23-19-43-11-8-12-47(34-73)52(43)31-58(72-2)53-28-49(61(66)54-32-60(75)81-62(53)54)33-69(66,77)71(59,79)63(76)57-29-45(40)15-18-56(64(68)80-51)70(57,67)78/h3-5,8-12,32,39-41,44-46,48-51,53,55-59,61-64,72-73,76-79H,6-7,13-18,20-22,24-31,33-38H2,1-2H3. The zero-order chi connectivity index (χ0) is 56.6. The van der Waals surface area contributed by atoms with Gasteiger partial charge < -0.3 is 45.1 Å². The summed E-state index contributed by atoms with van der Waals surface area (Å²) in [5, 5.41) is 75.0. The van der Waals surface area contributed by atoms with E-state index >= 15 is 20.1 Å².